The lowest BCUT2D eigenvalue weighted by atomic mass is 9.97. The van der Waals surface area contributed by atoms with Gasteiger partial charge in [0.05, 0.1) is 11.3 Å². The fourth-order valence-electron chi connectivity index (χ4n) is 2.83. The summed E-state index contributed by atoms with van der Waals surface area (Å²) in [4.78, 5) is 13.4. The minimum absolute atomic E-state index is 0.355. The molecule has 110 valence electrons. The lowest BCUT2D eigenvalue weighted by Crippen LogP contribution is -2.30. The van der Waals surface area contributed by atoms with Crippen molar-refractivity contribution in [1.29, 1.82) is 0 Å². The smallest absolute Gasteiger partial charge is 0.335 e. The van der Waals surface area contributed by atoms with E-state index in [9.17, 15) is 4.79 Å². The van der Waals surface area contributed by atoms with Gasteiger partial charge < -0.3 is 9.63 Å². The lowest BCUT2D eigenvalue weighted by Gasteiger charge is -2.28. The summed E-state index contributed by atoms with van der Waals surface area (Å²) in [7, 11) is 0. The molecule has 0 saturated heterocycles. The van der Waals surface area contributed by atoms with Crippen molar-refractivity contribution in [1.82, 2.24) is 10.1 Å². The Hall–Kier alpha value is -2.14. The van der Waals surface area contributed by atoms with E-state index in [0.29, 0.717) is 5.56 Å². The average molecular weight is 286 g/mol. The van der Waals surface area contributed by atoms with Gasteiger partial charge in [0.25, 0.3) is 0 Å². The van der Waals surface area contributed by atoms with Crippen LogP contribution < -0.4 is 0 Å². The normalized spacial score (nSPS) is 15.0. The van der Waals surface area contributed by atoms with E-state index in [1.165, 1.54) is 5.56 Å². The highest BCUT2D eigenvalue weighted by atomic mass is 16.5. The van der Waals surface area contributed by atoms with Crippen LogP contribution in [0.25, 0.3) is 0 Å². The van der Waals surface area contributed by atoms with Crippen LogP contribution in [0.15, 0.2) is 22.7 Å². The molecular formula is C16H18N2O3. The Kier molecular flexibility index (Phi) is 3.51. The molecule has 0 radical (unpaired) electrons. The van der Waals surface area contributed by atoms with E-state index in [1.54, 1.807) is 12.1 Å². The topological polar surface area (TPSA) is 66.6 Å². The molecule has 0 aliphatic carbocycles. The molecule has 2 heterocycles. The maximum absolute atomic E-state index is 11.1. The molecule has 2 aromatic rings. The summed E-state index contributed by atoms with van der Waals surface area (Å²) in [5, 5.41) is 13.1. The first-order valence-corrected chi connectivity index (χ1v) is 7.04. The van der Waals surface area contributed by atoms with Gasteiger partial charge in [-0.2, -0.15) is 0 Å². The molecule has 1 N–H and O–H groups in total. The molecular weight excluding hydrogens is 268 g/mol. The van der Waals surface area contributed by atoms with E-state index < -0.39 is 5.97 Å². The SMILES string of the molecule is Cc1noc(C)c1CN1CCc2ccc(C(=O)O)cc2C1. The van der Waals surface area contributed by atoms with Gasteiger partial charge in [0.2, 0.25) is 0 Å². The molecule has 0 bridgehead atoms. The van der Waals surface area contributed by atoms with Gasteiger partial charge in [-0.15, -0.1) is 0 Å². The van der Waals surface area contributed by atoms with Gasteiger partial charge in [0.15, 0.2) is 0 Å². The molecule has 5 nitrogen and oxygen atoms in total. The van der Waals surface area contributed by atoms with Gasteiger partial charge in [0.1, 0.15) is 5.76 Å². The summed E-state index contributed by atoms with van der Waals surface area (Å²) < 4.78 is 5.20. The second kappa shape index (κ2) is 5.33. The molecule has 1 aliphatic heterocycles. The summed E-state index contributed by atoms with van der Waals surface area (Å²) >= 11 is 0. The Balaban J connectivity index is 1.80. The number of fused-ring (bicyclic) bond motifs is 1. The number of aromatic nitrogens is 1. The van der Waals surface area contributed by atoms with Crippen LogP contribution in [0.1, 0.15) is 38.5 Å². The van der Waals surface area contributed by atoms with Crippen LogP contribution >= 0.6 is 0 Å². The van der Waals surface area contributed by atoms with Crippen LogP contribution in [-0.2, 0) is 19.5 Å². The number of hydrogen-bond donors (Lipinski definition) is 1. The maximum Gasteiger partial charge on any atom is 0.335 e. The van der Waals surface area contributed by atoms with Crippen LogP contribution in [0.2, 0.25) is 0 Å². The minimum atomic E-state index is -0.874. The highest BCUT2D eigenvalue weighted by molar-refractivity contribution is 5.87. The van der Waals surface area contributed by atoms with E-state index in [4.69, 9.17) is 9.63 Å². The first-order valence-electron chi connectivity index (χ1n) is 7.04. The summed E-state index contributed by atoms with van der Waals surface area (Å²) in [5.74, 6) is -0.0155. The van der Waals surface area contributed by atoms with E-state index in [-0.39, 0.29) is 0 Å². The fraction of sp³-hybridized carbons (Fsp3) is 0.375. The number of benzene rings is 1. The van der Waals surface area contributed by atoms with Gasteiger partial charge in [-0.05, 0) is 43.5 Å². The highest BCUT2D eigenvalue weighted by Gasteiger charge is 2.20. The molecule has 0 spiro atoms. The predicted octanol–water partition coefficient (Wildman–Crippen LogP) is 2.55. The molecule has 5 heteroatoms. The Morgan fingerprint density at radius 1 is 1.38 bits per heavy atom. The van der Waals surface area contributed by atoms with Crippen molar-refractivity contribution < 1.29 is 14.4 Å². The van der Waals surface area contributed by atoms with Gasteiger partial charge >= 0.3 is 5.97 Å². The zero-order chi connectivity index (χ0) is 15.0. The maximum atomic E-state index is 11.1. The number of carboxylic acid groups (broad SMARTS) is 1. The third-order valence-electron chi connectivity index (χ3n) is 4.11. The average Bonchev–Trinajstić information content (AvgIpc) is 2.78. The van der Waals surface area contributed by atoms with Crippen molar-refractivity contribution in [3.05, 3.63) is 51.9 Å². The molecule has 0 fully saturated rings. The largest absolute Gasteiger partial charge is 0.478 e. The standard InChI is InChI=1S/C16H18N2O3/c1-10-15(11(2)21-17-10)9-18-6-5-12-3-4-13(16(19)20)7-14(12)8-18/h3-4,7H,5-6,8-9H2,1-2H3,(H,19,20). The van der Waals surface area contributed by atoms with Crippen LogP contribution in [0, 0.1) is 13.8 Å². The summed E-state index contributed by atoms with van der Waals surface area (Å²) in [6.45, 7) is 6.39. The van der Waals surface area contributed by atoms with Crippen molar-refractivity contribution in [2.45, 2.75) is 33.4 Å². The molecule has 1 aromatic carbocycles. The van der Waals surface area contributed by atoms with Crippen LogP contribution in [0.3, 0.4) is 0 Å². The zero-order valence-corrected chi connectivity index (χ0v) is 12.2. The first kappa shape index (κ1) is 13.8. The van der Waals surface area contributed by atoms with Crippen molar-refractivity contribution in [2.75, 3.05) is 6.54 Å². The molecule has 0 amide bonds. The summed E-state index contributed by atoms with van der Waals surface area (Å²) in [5.41, 5.74) is 4.77. The number of nitrogens with zero attached hydrogens (tertiary/aromatic N) is 2. The van der Waals surface area contributed by atoms with E-state index in [2.05, 4.69) is 10.1 Å². The Morgan fingerprint density at radius 3 is 2.86 bits per heavy atom. The van der Waals surface area contributed by atoms with Crippen molar-refractivity contribution >= 4 is 5.97 Å². The predicted molar refractivity (Wildman–Crippen MR) is 77.2 cm³/mol. The van der Waals surface area contributed by atoms with Gasteiger partial charge in [-0.1, -0.05) is 11.2 Å². The third kappa shape index (κ3) is 2.69. The summed E-state index contributed by atoms with van der Waals surface area (Å²) in [6.07, 6.45) is 0.943. The van der Waals surface area contributed by atoms with Crippen molar-refractivity contribution in [3.63, 3.8) is 0 Å². The Morgan fingerprint density at radius 2 is 2.19 bits per heavy atom. The van der Waals surface area contributed by atoms with Gasteiger partial charge in [0, 0.05) is 25.2 Å². The Labute approximate surface area is 123 Å². The van der Waals surface area contributed by atoms with Crippen LogP contribution in [0.4, 0.5) is 0 Å². The van der Waals surface area contributed by atoms with Gasteiger partial charge in [-0.3, -0.25) is 4.90 Å². The van der Waals surface area contributed by atoms with Crippen molar-refractivity contribution in [2.24, 2.45) is 0 Å². The third-order valence-corrected chi connectivity index (χ3v) is 4.11. The molecule has 21 heavy (non-hydrogen) atoms. The summed E-state index contributed by atoms with van der Waals surface area (Å²) in [6, 6.07) is 5.41. The zero-order valence-electron chi connectivity index (χ0n) is 12.2. The fourth-order valence-corrected chi connectivity index (χ4v) is 2.83. The van der Waals surface area contributed by atoms with Crippen LogP contribution in [0.5, 0.6) is 0 Å². The van der Waals surface area contributed by atoms with E-state index in [0.717, 1.165) is 48.6 Å². The van der Waals surface area contributed by atoms with E-state index >= 15 is 0 Å². The minimum Gasteiger partial charge on any atom is -0.478 e. The number of carbonyl (C=O) groups is 1. The van der Waals surface area contributed by atoms with Gasteiger partial charge in [-0.25, -0.2) is 4.79 Å². The molecule has 1 aromatic heterocycles. The molecule has 0 saturated carbocycles. The Bertz CT molecular complexity index is 671. The van der Waals surface area contributed by atoms with E-state index in [1.807, 2.05) is 19.9 Å². The molecule has 0 unspecified atom stereocenters. The number of carboxylic acids is 1. The number of aryl methyl sites for hydroxylation is 2. The lowest BCUT2D eigenvalue weighted by molar-refractivity contribution is 0.0696. The monoisotopic (exact) mass is 286 g/mol. The second-order valence-electron chi connectivity index (χ2n) is 5.55. The first-order chi connectivity index (χ1) is 10.0. The molecule has 3 rings (SSSR count). The van der Waals surface area contributed by atoms with Crippen molar-refractivity contribution in [3.8, 4) is 0 Å². The number of aromatic carboxylic acids is 1. The molecule has 0 atom stereocenters. The molecule has 1 aliphatic rings. The number of hydrogen-bond acceptors (Lipinski definition) is 4. The number of rotatable bonds is 3. The highest BCUT2D eigenvalue weighted by Crippen LogP contribution is 2.23. The second-order valence-corrected chi connectivity index (χ2v) is 5.55. The quantitative estimate of drug-likeness (QED) is 0.939. The van der Waals surface area contributed by atoms with Crippen LogP contribution in [-0.4, -0.2) is 27.7 Å².